The average Bonchev–Trinajstić information content (AvgIpc) is 2.87. The Labute approximate surface area is 117 Å². The number of benzene rings is 1. The van der Waals surface area contributed by atoms with Gasteiger partial charge in [-0.2, -0.15) is 0 Å². The Morgan fingerprint density at radius 1 is 1.32 bits per heavy atom. The molecule has 0 radical (unpaired) electrons. The zero-order chi connectivity index (χ0) is 13.4. The van der Waals surface area contributed by atoms with Crippen LogP contribution in [0.15, 0.2) is 40.5 Å². The van der Waals surface area contributed by atoms with Gasteiger partial charge in [-0.1, -0.05) is 12.1 Å². The second-order valence-corrected chi connectivity index (χ2v) is 5.21. The maximum atomic E-state index is 12.5. The molecule has 0 aliphatic heterocycles. The maximum absolute atomic E-state index is 12.5. The Balaban J connectivity index is 2.43. The molecule has 6 heteroatoms. The van der Waals surface area contributed by atoms with Gasteiger partial charge in [-0.25, -0.2) is 4.57 Å². The molecule has 2 aromatic heterocycles. The Morgan fingerprint density at radius 3 is 2.89 bits per heavy atom. The van der Waals surface area contributed by atoms with E-state index in [4.69, 9.17) is 17.0 Å². The van der Waals surface area contributed by atoms with Crippen LogP contribution in [-0.2, 0) is 0 Å². The number of thiophene rings is 1. The van der Waals surface area contributed by atoms with Gasteiger partial charge in [-0.3, -0.25) is 4.79 Å². The van der Waals surface area contributed by atoms with E-state index in [1.165, 1.54) is 15.9 Å². The van der Waals surface area contributed by atoms with Crippen LogP contribution in [0.25, 0.3) is 15.9 Å². The molecule has 0 amide bonds. The summed E-state index contributed by atoms with van der Waals surface area (Å²) >= 11 is 6.67. The maximum Gasteiger partial charge on any atom is 0.276 e. The fourth-order valence-corrected chi connectivity index (χ4v) is 3.04. The van der Waals surface area contributed by atoms with Crippen LogP contribution in [0.3, 0.4) is 0 Å². The largest absolute Gasteiger partial charge is 0.495 e. The average molecular weight is 290 g/mol. The van der Waals surface area contributed by atoms with Crippen LogP contribution in [0, 0.1) is 4.77 Å². The number of aromatic amines is 1. The van der Waals surface area contributed by atoms with E-state index in [-0.39, 0.29) is 5.56 Å². The van der Waals surface area contributed by atoms with E-state index >= 15 is 0 Å². The second kappa shape index (κ2) is 4.64. The van der Waals surface area contributed by atoms with Gasteiger partial charge in [0.05, 0.1) is 18.3 Å². The first-order valence-corrected chi connectivity index (χ1v) is 6.87. The van der Waals surface area contributed by atoms with Crippen LogP contribution in [0.4, 0.5) is 0 Å². The number of methoxy groups -OCH3 is 1. The highest BCUT2D eigenvalue weighted by Crippen LogP contribution is 2.22. The van der Waals surface area contributed by atoms with Gasteiger partial charge in [0.25, 0.3) is 5.56 Å². The fraction of sp³-hybridized carbons (Fsp3) is 0.0769. The molecule has 3 rings (SSSR count). The molecule has 0 unspecified atom stereocenters. The number of aromatic nitrogens is 2. The first-order valence-electron chi connectivity index (χ1n) is 5.58. The van der Waals surface area contributed by atoms with E-state index < -0.39 is 0 Å². The molecular weight excluding hydrogens is 280 g/mol. The van der Waals surface area contributed by atoms with Gasteiger partial charge in [0.1, 0.15) is 10.4 Å². The van der Waals surface area contributed by atoms with Crippen LogP contribution in [0.2, 0.25) is 0 Å². The number of para-hydroxylation sites is 2. The van der Waals surface area contributed by atoms with Crippen molar-refractivity contribution in [3.8, 4) is 11.4 Å². The normalized spacial score (nSPS) is 10.8. The molecule has 4 nitrogen and oxygen atoms in total. The molecule has 0 fully saturated rings. The summed E-state index contributed by atoms with van der Waals surface area (Å²) in [5.74, 6) is 0.611. The first-order chi connectivity index (χ1) is 9.22. The van der Waals surface area contributed by atoms with Gasteiger partial charge in [0.2, 0.25) is 0 Å². The number of H-pyrrole nitrogens is 1. The Morgan fingerprint density at radius 2 is 2.11 bits per heavy atom. The SMILES string of the molecule is COc1ccccc1-n1c(=S)[nH]c2ccsc2c1=O. The van der Waals surface area contributed by atoms with Gasteiger partial charge in [-0.05, 0) is 35.8 Å². The number of nitrogens with one attached hydrogen (secondary N) is 1. The van der Waals surface area contributed by atoms with Gasteiger partial charge >= 0.3 is 0 Å². The van der Waals surface area contributed by atoms with Crippen molar-refractivity contribution in [3.63, 3.8) is 0 Å². The summed E-state index contributed by atoms with van der Waals surface area (Å²) in [6, 6.07) is 9.16. The van der Waals surface area contributed by atoms with Crippen molar-refractivity contribution < 1.29 is 4.74 Å². The van der Waals surface area contributed by atoms with Crippen molar-refractivity contribution in [2.45, 2.75) is 0 Å². The fourth-order valence-electron chi connectivity index (χ4n) is 1.97. The third kappa shape index (κ3) is 1.89. The third-order valence-corrected chi connectivity index (χ3v) is 4.02. The van der Waals surface area contributed by atoms with Gasteiger partial charge in [0.15, 0.2) is 4.77 Å². The van der Waals surface area contributed by atoms with E-state index in [1.54, 1.807) is 13.2 Å². The van der Waals surface area contributed by atoms with Crippen LogP contribution in [0.5, 0.6) is 5.75 Å². The standard InChI is InChI=1S/C13H10N2O2S2/c1-17-10-5-3-2-4-9(10)15-12(16)11-8(6-7-19-11)14-13(15)18/h2-7H,1H3,(H,14,18). The Bertz CT molecular complexity index is 861. The summed E-state index contributed by atoms with van der Waals surface area (Å²) in [6.07, 6.45) is 0. The summed E-state index contributed by atoms with van der Waals surface area (Å²) in [7, 11) is 1.57. The number of ether oxygens (including phenoxy) is 1. The zero-order valence-electron chi connectivity index (χ0n) is 10.0. The van der Waals surface area contributed by atoms with Crippen LogP contribution in [0.1, 0.15) is 0 Å². The van der Waals surface area contributed by atoms with Gasteiger partial charge < -0.3 is 9.72 Å². The Kier molecular flexibility index (Phi) is 2.96. The molecular formula is C13H10N2O2S2. The molecule has 3 aromatic rings. The van der Waals surface area contributed by atoms with Crippen molar-refractivity contribution >= 4 is 33.8 Å². The van der Waals surface area contributed by atoms with E-state index in [0.29, 0.717) is 20.9 Å². The number of fused-ring (bicyclic) bond motifs is 1. The molecule has 19 heavy (non-hydrogen) atoms. The minimum absolute atomic E-state index is 0.127. The van der Waals surface area contributed by atoms with Crippen molar-refractivity contribution in [2.24, 2.45) is 0 Å². The van der Waals surface area contributed by atoms with E-state index in [1.807, 2.05) is 29.6 Å². The highest BCUT2D eigenvalue weighted by atomic mass is 32.1. The van der Waals surface area contributed by atoms with Crippen LogP contribution in [-0.4, -0.2) is 16.7 Å². The molecule has 96 valence electrons. The lowest BCUT2D eigenvalue weighted by molar-refractivity contribution is 0.412. The molecule has 0 spiro atoms. The molecule has 0 saturated carbocycles. The number of nitrogens with zero attached hydrogens (tertiary/aromatic N) is 1. The minimum Gasteiger partial charge on any atom is -0.495 e. The minimum atomic E-state index is -0.127. The number of hydrogen-bond acceptors (Lipinski definition) is 4. The zero-order valence-corrected chi connectivity index (χ0v) is 11.7. The first kappa shape index (κ1) is 12.1. The van der Waals surface area contributed by atoms with Crippen molar-refractivity contribution in [2.75, 3.05) is 7.11 Å². The summed E-state index contributed by atoms with van der Waals surface area (Å²) in [5, 5.41) is 1.86. The molecule has 2 heterocycles. The smallest absolute Gasteiger partial charge is 0.276 e. The topological polar surface area (TPSA) is 47.0 Å². The second-order valence-electron chi connectivity index (χ2n) is 3.91. The van der Waals surface area contributed by atoms with Crippen molar-refractivity contribution in [1.29, 1.82) is 0 Å². The highest BCUT2D eigenvalue weighted by molar-refractivity contribution is 7.71. The summed E-state index contributed by atoms with van der Waals surface area (Å²) < 4.78 is 7.77. The van der Waals surface area contributed by atoms with Gasteiger partial charge in [-0.15, -0.1) is 11.3 Å². The highest BCUT2D eigenvalue weighted by Gasteiger charge is 2.11. The van der Waals surface area contributed by atoms with Crippen molar-refractivity contribution in [1.82, 2.24) is 9.55 Å². The van der Waals surface area contributed by atoms with E-state index in [2.05, 4.69) is 4.98 Å². The van der Waals surface area contributed by atoms with Crippen LogP contribution >= 0.6 is 23.6 Å². The molecule has 1 aromatic carbocycles. The summed E-state index contributed by atoms with van der Waals surface area (Å²) in [6.45, 7) is 0. The molecule has 0 bridgehead atoms. The lowest BCUT2D eigenvalue weighted by Crippen LogP contribution is -2.20. The van der Waals surface area contributed by atoms with E-state index in [0.717, 1.165) is 5.52 Å². The lowest BCUT2D eigenvalue weighted by atomic mass is 10.3. The molecule has 0 atom stereocenters. The quantitative estimate of drug-likeness (QED) is 0.738. The molecule has 1 N–H and O–H groups in total. The predicted octanol–water partition coefficient (Wildman–Crippen LogP) is 3.12. The molecule has 0 saturated heterocycles. The monoisotopic (exact) mass is 290 g/mol. The van der Waals surface area contributed by atoms with Gasteiger partial charge in [0, 0.05) is 0 Å². The number of hydrogen-bond donors (Lipinski definition) is 1. The number of rotatable bonds is 2. The van der Waals surface area contributed by atoms with Crippen molar-refractivity contribution in [3.05, 3.63) is 50.8 Å². The molecule has 0 aliphatic carbocycles. The summed E-state index contributed by atoms with van der Waals surface area (Å²) in [5.41, 5.74) is 1.29. The van der Waals surface area contributed by atoms with Crippen LogP contribution < -0.4 is 10.3 Å². The lowest BCUT2D eigenvalue weighted by Gasteiger charge is -2.10. The summed E-state index contributed by atoms with van der Waals surface area (Å²) in [4.78, 5) is 15.6. The molecule has 0 aliphatic rings. The van der Waals surface area contributed by atoms with E-state index in [9.17, 15) is 4.79 Å². The Hall–Kier alpha value is -1.92. The third-order valence-electron chi connectivity index (χ3n) is 2.83. The predicted molar refractivity (Wildman–Crippen MR) is 79.2 cm³/mol.